The maximum atomic E-state index is 12.2. The monoisotopic (exact) mass is 265 g/mol. The van der Waals surface area contributed by atoms with Crippen LogP contribution in [0.5, 0.6) is 5.75 Å². The van der Waals surface area contributed by atoms with Crippen LogP contribution >= 0.6 is 0 Å². The molecule has 1 amide bonds. The summed E-state index contributed by atoms with van der Waals surface area (Å²) in [5, 5.41) is 2.72. The van der Waals surface area contributed by atoms with E-state index in [1.165, 1.54) is 12.1 Å². The Kier molecular flexibility index (Phi) is 4.00. The standard InChI is InChI=1S/C14H13F2NO2/c1-2-3-4-5-10-11-8-9(19-14(15)16)6-7-12(11)17-13(10)18/h6-8,10,14H,4-5H2,1H3,(H,17,18). The van der Waals surface area contributed by atoms with Gasteiger partial charge in [0, 0.05) is 12.1 Å². The molecule has 19 heavy (non-hydrogen) atoms. The Hall–Kier alpha value is -2.09. The first kappa shape index (κ1) is 13.3. The molecule has 2 rings (SSSR count). The largest absolute Gasteiger partial charge is 0.435 e. The number of fused-ring (bicyclic) bond motifs is 1. The summed E-state index contributed by atoms with van der Waals surface area (Å²) in [7, 11) is 0. The highest BCUT2D eigenvalue weighted by Crippen LogP contribution is 2.37. The zero-order valence-electron chi connectivity index (χ0n) is 10.4. The summed E-state index contributed by atoms with van der Waals surface area (Å²) in [6.45, 7) is -1.13. The summed E-state index contributed by atoms with van der Waals surface area (Å²) < 4.78 is 28.7. The molecule has 0 aromatic heterocycles. The van der Waals surface area contributed by atoms with Gasteiger partial charge in [0.15, 0.2) is 0 Å². The number of nitrogens with one attached hydrogen (secondary N) is 1. The van der Waals surface area contributed by atoms with Gasteiger partial charge in [-0.05, 0) is 37.1 Å². The third kappa shape index (κ3) is 3.02. The molecule has 0 saturated carbocycles. The lowest BCUT2D eigenvalue weighted by Crippen LogP contribution is -2.11. The van der Waals surface area contributed by atoms with Gasteiger partial charge in [0.2, 0.25) is 5.91 Å². The molecule has 1 aromatic rings. The highest BCUT2D eigenvalue weighted by atomic mass is 19.3. The highest BCUT2D eigenvalue weighted by Gasteiger charge is 2.30. The Bertz CT molecular complexity index is 546. The number of amides is 1. The van der Waals surface area contributed by atoms with Crippen molar-refractivity contribution in [1.82, 2.24) is 0 Å². The number of carbonyl (C=O) groups is 1. The first-order chi connectivity index (χ1) is 9.11. The average Bonchev–Trinajstić information content (AvgIpc) is 2.65. The first-order valence-electron chi connectivity index (χ1n) is 5.91. The van der Waals surface area contributed by atoms with Gasteiger partial charge < -0.3 is 10.1 Å². The van der Waals surface area contributed by atoms with Crippen molar-refractivity contribution in [2.24, 2.45) is 0 Å². The lowest BCUT2D eigenvalue weighted by Gasteiger charge is -2.09. The van der Waals surface area contributed by atoms with Gasteiger partial charge in [-0.1, -0.05) is 0 Å². The van der Waals surface area contributed by atoms with Crippen LogP contribution in [0.1, 0.15) is 31.2 Å². The molecule has 1 aromatic carbocycles. The van der Waals surface area contributed by atoms with Crippen LogP contribution < -0.4 is 10.1 Å². The van der Waals surface area contributed by atoms with E-state index in [0.717, 1.165) is 0 Å². The number of hydrogen-bond donors (Lipinski definition) is 1. The Morgan fingerprint density at radius 2 is 2.26 bits per heavy atom. The summed E-state index contributed by atoms with van der Waals surface area (Å²) in [4.78, 5) is 11.8. The number of benzene rings is 1. The van der Waals surface area contributed by atoms with Crippen LogP contribution in [0, 0.1) is 11.8 Å². The van der Waals surface area contributed by atoms with E-state index in [1.807, 2.05) is 0 Å². The van der Waals surface area contributed by atoms with Gasteiger partial charge in [-0.15, -0.1) is 11.8 Å². The number of anilines is 1. The van der Waals surface area contributed by atoms with Crippen molar-refractivity contribution >= 4 is 11.6 Å². The number of ether oxygens (including phenoxy) is 1. The smallest absolute Gasteiger partial charge is 0.387 e. The van der Waals surface area contributed by atoms with Gasteiger partial charge in [-0.3, -0.25) is 4.79 Å². The quantitative estimate of drug-likeness (QED) is 0.849. The van der Waals surface area contributed by atoms with Crippen molar-refractivity contribution < 1.29 is 18.3 Å². The minimum atomic E-state index is -2.87. The molecular weight excluding hydrogens is 252 g/mol. The van der Waals surface area contributed by atoms with Gasteiger partial charge in [0.1, 0.15) is 5.75 Å². The van der Waals surface area contributed by atoms with E-state index in [1.54, 1.807) is 13.0 Å². The van der Waals surface area contributed by atoms with Crippen molar-refractivity contribution in [2.75, 3.05) is 5.32 Å². The maximum Gasteiger partial charge on any atom is 0.387 e. The van der Waals surface area contributed by atoms with Gasteiger partial charge in [0.05, 0.1) is 5.92 Å². The lowest BCUT2D eigenvalue weighted by molar-refractivity contribution is -0.117. The van der Waals surface area contributed by atoms with Crippen LogP contribution in [0.3, 0.4) is 0 Å². The summed E-state index contributed by atoms with van der Waals surface area (Å²) in [5.74, 6) is 5.25. The lowest BCUT2D eigenvalue weighted by atomic mass is 9.95. The van der Waals surface area contributed by atoms with E-state index in [0.29, 0.717) is 24.1 Å². The third-order valence-corrected chi connectivity index (χ3v) is 2.93. The molecule has 1 aliphatic heterocycles. The number of rotatable bonds is 4. The first-order valence-corrected chi connectivity index (χ1v) is 5.91. The maximum absolute atomic E-state index is 12.2. The van der Waals surface area contributed by atoms with E-state index in [9.17, 15) is 13.6 Å². The zero-order valence-corrected chi connectivity index (χ0v) is 10.4. The van der Waals surface area contributed by atoms with Gasteiger partial charge >= 0.3 is 6.61 Å². The fourth-order valence-corrected chi connectivity index (χ4v) is 2.11. The zero-order chi connectivity index (χ0) is 13.8. The summed E-state index contributed by atoms with van der Waals surface area (Å²) in [5.41, 5.74) is 1.35. The Balaban J connectivity index is 2.20. The summed E-state index contributed by atoms with van der Waals surface area (Å²) in [6.07, 6.45) is 1.16. The van der Waals surface area contributed by atoms with Gasteiger partial charge in [-0.25, -0.2) is 0 Å². The van der Waals surface area contributed by atoms with Gasteiger partial charge in [-0.2, -0.15) is 8.78 Å². The van der Waals surface area contributed by atoms with Crippen molar-refractivity contribution in [3.63, 3.8) is 0 Å². The molecule has 0 bridgehead atoms. The van der Waals surface area contributed by atoms with Crippen LogP contribution in [-0.2, 0) is 4.79 Å². The van der Waals surface area contributed by atoms with E-state index in [4.69, 9.17) is 0 Å². The summed E-state index contributed by atoms with van der Waals surface area (Å²) in [6, 6.07) is 4.49. The second-order valence-electron chi connectivity index (χ2n) is 4.13. The Labute approximate surface area is 110 Å². The van der Waals surface area contributed by atoms with Crippen LogP contribution in [0.15, 0.2) is 18.2 Å². The SMILES string of the molecule is CC#CCCC1C(=O)Nc2ccc(OC(F)F)cc21. The number of alkyl halides is 2. The molecular formula is C14H13F2NO2. The normalized spacial score (nSPS) is 16.6. The number of halogens is 2. The second kappa shape index (κ2) is 5.70. The minimum Gasteiger partial charge on any atom is -0.435 e. The molecule has 0 fully saturated rings. The fraction of sp³-hybridized carbons (Fsp3) is 0.357. The van der Waals surface area contributed by atoms with E-state index < -0.39 is 6.61 Å². The predicted molar refractivity (Wildman–Crippen MR) is 67.1 cm³/mol. The van der Waals surface area contributed by atoms with E-state index in [-0.39, 0.29) is 17.6 Å². The summed E-state index contributed by atoms with van der Waals surface area (Å²) >= 11 is 0. The molecule has 5 heteroatoms. The molecule has 1 unspecified atom stereocenters. The van der Waals surface area contributed by atoms with Crippen LogP contribution in [-0.4, -0.2) is 12.5 Å². The third-order valence-electron chi connectivity index (χ3n) is 2.93. The topological polar surface area (TPSA) is 38.3 Å². The van der Waals surface area contributed by atoms with Crippen molar-refractivity contribution in [3.05, 3.63) is 23.8 Å². The number of carbonyl (C=O) groups excluding carboxylic acids is 1. The molecule has 100 valence electrons. The molecule has 3 nitrogen and oxygen atoms in total. The van der Waals surface area contributed by atoms with Crippen molar-refractivity contribution in [2.45, 2.75) is 32.3 Å². The molecule has 1 atom stereocenters. The van der Waals surface area contributed by atoms with Crippen LogP contribution in [0.2, 0.25) is 0 Å². The fourth-order valence-electron chi connectivity index (χ4n) is 2.11. The van der Waals surface area contributed by atoms with E-state index >= 15 is 0 Å². The van der Waals surface area contributed by atoms with Crippen molar-refractivity contribution in [3.8, 4) is 17.6 Å². The Morgan fingerprint density at radius 1 is 1.47 bits per heavy atom. The van der Waals surface area contributed by atoms with Crippen molar-refractivity contribution in [1.29, 1.82) is 0 Å². The molecule has 0 aliphatic carbocycles. The molecule has 1 aliphatic rings. The Morgan fingerprint density at radius 3 is 2.95 bits per heavy atom. The molecule has 1 heterocycles. The molecule has 1 N–H and O–H groups in total. The van der Waals surface area contributed by atoms with Crippen LogP contribution in [0.4, 0.5) is 14.5 Å². The average molecular weight is 265 g/mol. The number of hydrogen-bond acceptors (Lipinski definition) is 2. The predicted octanol–water partition coefficient (Wildman–Crippen LogP) is 3.13. The molecule has 0 spiro atoms. The van der Waals surface area contributed by atoms with Gasteiger partial charge in [0.25, 0.3) is 0 Å². The molecule has 0 saturated heterocycles. The second-order valence-corrected chi connectivity index (χ2v) is 4.13. The van der Waals surface area contributed by atoms with Crippen LogP contribution in [0.25, 0.3) is 0 Å². The highest BCUT2D eigenvalue weighted by molar-refractivity contribution is 6.03. The minimum absolute atomic E-state index is 0.0665. The van der Waals surface area contributed by atoms with E-state index in [2.05, 4.69) is 21.9 Å². The molecule has 0 radical (unpaired) electrons.